The van der Waals surface area contributed by atoms with Gasteiger partial charge < -0.3 is 15.0 Å². The van der Waals surface area contributed by atoms with Crippen molar-refractivity contribution in [1.29, 1.82) is 0 Å². The highest BCUT2D eigenvalue weighted by molar-refractivity contribution is 7.80. The number of nitrogens with zero attached hydrogens (tertiary/aromatic N) is 2. The van der Waals surface area contributed by atoms with Crippen molar-refractivity contribution in [2.45, 2.75) is 0 Å². The van der Waals surface area contributed by atoms with Gasteiger partial charge >= 0.3 is 0 Å². The van der Waals surface area contributed by atoms with Crippen molar-refractivity contribution in [1.82, 2.24) is 10.3 Å². The number of amides is 1. The Balaban J connectivity index is 1.61. The third-order valence-corrected chi connectivity index (χ3v) is 4.21. The molecule has 3 rings (SSSR count). The van der Waals surface area contributed by atoms with Crippen LogP contribution in [0.1, 0.15) is 10.4 Å². The van der Waals surface area contributed by atoms with Gasteiger partial charge in [-0.1, -0.05) is 11.6 Å². The molecule has 1 aromatic carbocycles. The number of benzene rings is 1. The molecule has 0 radical (unpaired) electrons. The van der Waals surface area contributed by atoms with Gasteiger partial charge in [-0.2, -0.15) is 0 Å². The fourth-order valence-electron chi connectivity index (χ4n) is 2.48. The number of anilines is 2. The zero-order valence-electron chi connectivity index (χ0n) is 13.4. The minimum Gasteiger partial charge on any atom is -0.378 e. The van der Waals surface area contributed by atoms with Crippen LogP contribution in [0.25, 0.3) is 0 Å². The van der Waals surface area contributed by atoms with E-state index in [1.807, 2.05) is 12.1 Å². The summed E-state index contributed by atoms with van der Waals surface area (Å²) in [7, 11) is 0. The van der Waals surface area contributed by atoms with E-state index < -0.39 is 0 Å². The van der Waals surface area contributed by atoms with E-state index >= 15 is 0 Å². The Labute approximate surface area is 156 Å². The molecular formula is C17H17ClN4O2S. The van der Waals surface area contributed by atoms with E-state index in [4.69, 9.17) is 28.6 Å². The Morgan fingerprint density at radius 3 is 2.76 bits per heavy atom. The van der Waals surface area contributed by atoms with Crippen LogP contribution in [0.3, 0.4) is 0 Å². The molecule has 130 valence electrons. The van der Waals surface area contributed by atoms with Crippen molar-refractivity contribution < 1.29 is 9.53 Å². The highest BCUT2D eigenvalue weighted by Gasteiger charge is 2.15. The van der Waals surface area contributed by atoms with E-state index in [1.165, 1.54) is 6.20 Å². The number of hydrogen-bond donors (Lipinski definition) is 2. The maximum atomic E-state index is 12.0. The minimum absolute atomic E-state index is 0.198. The van der Waals surface area contributed by atoms with Gasteiger partial charge in [0.05, 0.1) is 29.5 Å². The van der Waals surface area contributed by atoms with Crippen LogP contribution in [0.5, 0.6) is 0 Å². The van der Waals surface area contributed by atoms with Gasteiger partial charge in [0, 0.05) is 31.2 Å². The smallest absolute Gasteiger partial charge is 0.258 e. The van der Waals surface area contributed by atoms with Gasteiger partial charge in [-0.25, -0.2) is 0 Å². The second kappa shape index (κ2) is 8.24. The molecule has 1 aromatic heterocycles. The topological polar surface area (TPSA) is 66.5 Å². The molecule has 1 amide bonds. The standard InChI is InChI=1S/C17H17ClN4O2S/c18-14-10-13(3-4-15(14)22-6-8-24-9-7-22)20-17(25)21-16(23)12-2-1-5-19-11-12/h1-5,10-11H,6-9H2,(H2,20,21,23,25). The molecule has 0 bridgehead atoms. The molecule has 0 atom stereocenters. The summed E-state index contributed by atoms with van der Waals surface area (Å²) in [6.45, 7) is 3.01. The van der Waals surface area contributed by atoms with E-state index in [9.17, 15) is 4.79 Å². The molecule has 2 heterocycles. The van der Waals surface area contributed by atoms with Gasteiger partial charge in [-0.15, -0.1) is 0 Å². The molecular weight excluding hydrogens is 360 g/mol. The maximum Gasteiger partial charge on any atom is 0.258 e. The summed E-state index contributed by atoms with van der Waals surface area (Å²) in [5.74, 6) is -0.318. The number of thiocarbonyl (C=S) groups is 1. The SMILES string of the molecule is O=C(NC(=S)Nc1ccc(N2CCOCC2)c(Cl)c1)c1cccnc1. The Kier molecular flexibility index (Phi) is 5.80. The van der Waals surface area contributed by atoms with Crippen LogP contribution >= 0.6 is 23.8 Å². The fraction of sp³-hybridized carbons (Fsp3) is 0.235. The summed E-state index contributed by atoms with van der Waals surface area (Å²) in [4.78, 5) is 18.1. The molecule has 1 fully saturated rings. The molecule has 2 aromatic rings. The van der Waals surface area contributed by atoms with Gasteiger partial charge in [-0.05, 0) is 42.5 Å². The molecule has 8 heteroatoms. The lowest BCUT2D eigenvalue weighted by Gasteiger charge is -2.29. The van der Waals surface area contributed by atoms with Gasteiger partial charge in [0.15, 0.2) is 5.11 Å². The molecule has 0 saturated carbocycles. The van der Waals surface area contributed by atoms with Crippen molar-refractivity contribution in [3.05, 3.63) is 53.3 Å². The molecule has 0 unspecified atom stereocenters. The van der Waals surface area contributed by atoms with E-state index in [2.05, 4.69) is 20.5 Å². The number of hydrogen-bond acceptors (Lipinski definition) is 5. The Morgan fingerprint density at radius 2 is 2.08 bits per heavy atom. The second-order valence-corrected chi connectivity index (χ2v) is 6.23. The van der Waals surface area contributed by atoms with E-state index in [0.29, 0.717) is 29.5 Å². The van der Waals surface area contributed by atoms with Gasteiger partial charge in [0.2, 0.25) is 0 Å². The summed E-state index contributed by atoms with van der Waals surface area (Å²) in [5, 5.41) is 6.40. The Hall–Kier alpha value is -2.22. The lowest BCUT2D eigenvalue weighted by Crippen LogP contribution is -2.36. The zero-order valence-corrected chi connectivity index (χ0v) is 14.9. The molecule has 1 aliphatic heterocycles. The van der Waals surface area contributed by atoms with Crippen LogP contribution in [0, 0.1) is 0 Å². The van der Waals surface area contributed by atoms with Crippen molar-refractivity contribution in [3.63, 3.8) is 0 Å². The number of aromatic nitrogens is 1. The number of rotatable bonds is 3. The highest BCUT2D eigenvalue weighted by Crippen LogP contribution is 2.29. The van der Waals surface area contributed by atoms with Gasteiger partial charge in [-0.3, -0.25) is 15.1 Å². The summed E-state index contributed by atoms with van der Waals surface area (Å²) in [6, 6.07) is 8.95. The first-order valence-corrected chi connectivity index (χ1v) is 8.57. The van der Waals surface area contributed by atoms with E-state index in [-0.39, 0.29) is 11.0 Å². The van der Waals surface area contributed by atoms with Crippen molar-refractivity contribution in [3.8, 4) is 0 Å². The largest absolute Gasteiger partial charge is 0.378 e. The molecule has 6 nitrogen and oxygen atoms in total. The van der Waals surface area contributed by atoms with Crippen molar-refractivity contribution >= 4 is 46.2 Å². The summed E-state index contributed by atoms with van der Waals surface area (Å²) >= 11 is 11.6. The number of carbonyl (C=O) groups excluding carboxylic acids is 1. The first-order chi connectivity index (χ1) is 12.1. The van der Waals surface area contributed by atoms with Crippen LogP contribution in [-0.2, 0) is 4.74 Å². The van der Waals surface area contributed by atoms with Gasteiger partial charge in [0.25, 0.3) is 5.91 Å². The van der Waals surface area contributed by atoms with Crippen LogP contribution < -0.4 is 15.5 Å². The lowest BCUT2D eigenvalue weighted by molar-refractivity contribution is 0.0977. The zero-order chi connectivity index (χ0) is 17.6. The third-order valence-electron chi connectivity index (χ3n) is 3.71. The number of morpholine rings is 1. The summed E-state index contributed by atoms with van der Waals surface area (Å²) in [6.07, 6.45) is 3.08. The third kappa shape index (κ3) is 4.66. The minimum atomic E-state index is -0.318. The van der Waals surface area contributed by atoms with Crippen LogP contribution in [-0.4, -0.2) is 42.3 Å². The lowest BCUT2D eigenvalue weighted by atomic mass is 10.2. The highest BCUT2D eigenvalue weighted by atomic mass is 35.5. The Morgan fingerprint density at radius 1 is 1.28 bits per heavy atom. The average Bonchev–Trinajstić information content (AvgIpc) is 2.63. The van der Waals surface area contributed by atoms with Crippen molar-refractivity contribution in [2.75, 3.05) is 36.5 Å². The number of carbonyl (C=O) groups is 1. The monoisotopic (exact) mass is 376 g/mol. The number of pyridine rings is 1. The van der Waals surface area contributed by atoms with Crippen LogP contribution in [0.2, 0.25) is 5.02 Å². The number of ether oxygens (including phenoxy) is 1. The predicted octanol–water partition coefficient (Wildman–Crippen LogP) is 2.70. The van der Waals surface area contributed by atoms with Gasteiger partial charge in [0.1, 0.15) is 0 Å². The molecule has 0 aliphatic carbocycles. The summed E-state index contributed by atoms with van der Waals surface area (Å²) in [5.41, 5.74) is 2.10. The average molecular weight is 377 g/mol. The van der Waals surface area contributed by atoms with E-state index in [1.54, 1.807) is 24.4 Å². The molecule has 25 heavy (non-hydrogen) atoms. The Bertz CT molecular complexity index is 766. The first kappa shape index (κ1) is 17.6. The number of nitrogens with one attached hydrogen (secondary N) is 2. The van der Waals surface area contributed by atoms with Crippen LogP contribution in [0.15, 0.2) is 42.7 Å². The van der Waals surface area contributed by atoms with E-state index in [0.717, 1.165) is 18.8 Å². The van der Waals surface area contributed by atoms with Crippen LogP contribution in [0.4, 0.5) is 11.4 Å². The molecule has 0 spiro atoms. The molecule has 2 N–H and O–H groups in total. The fourth-order valence-corrected chi connectivity index (χ4v) is 2.99. The normalized spacial score (nSPS) is 14.0. The molecule has 1 aliphatic rings. The predicted molar refractivity (Wildman–Crippen MR) is 102 cm³/mol. The summed E-state index contributed by atoms with van der Waals surface area (Å²) < 4.78 is 5.35. The first-order valence-electron chi connectivity index (χ1n) is 7.78. The second-order valence-electron chi connectivity index (χ2n) is 5.42. The van der Waals surface area contributed by atoms with Crippen molar-refractivity contribution in [2.24, 2.45) is 0 Å². The number of halogens is 1. The molecule has 1 saturated heterocycles. The quantitative estimate of drug-likeness (QED) is 0.803. The maximum absolute atomic E-state index is 12.0.